The number of halogens is 4. The van der Waals surface area contributed by atoms with Gasteiger partial charge in [0, 0.05) is 12.8 Å². The highest BCUT2D eigenvalue weighted by atomic mass is 36.1. The van der Waals surface area contributed by atoms with Crippen LogP contribution in [0.3, 0.4) is 0 Å². The van der Waals surface area contributed by atoms with Crippen molar-refractivity contribution in [3.05, 3.63) is 71.8 Å². The van der Waals surface area contributed by atoms with Crippen LogP contribution in [0.2, 0.25) is 0 Å². The molecule has 21 heavy (non-hydrogen) atoms. The van der Waals surface area contributed by atoms with E-state index in [1.54, 1.807) is 0 Å². The minimum atomic E-state index is -3.03. The standard InChI is InChI=1S/C15H14Cl4OP/c16-15(20-21(17,18)19,11-13-7-3-1-4-8-13)12-14-9-5-2-6-10-14/h1-10H,11-12H2/q+1. The maximum absolute atomic E-state index is 6.65. The number of hydrogen-bond acceptors (Lipinski definition) is 1. The molecule has 0 atom stereocenters. The van der Waals surface area contributed by atoms with E-state index < -0.39 is 10.6 Å². The average molecular weight is 383 g/mol. The second-order valence-electron chi connectivity index (χ2n) is 4.70. The molecule has 0 amide bonds. The molecule has 2 rings (SSSR count). The summed E-state index contributed by atoms with van der Waals surface area (Å²) in [5, 5.41) is -1.08. The predicted molar refractivity (Wildman–Crippen MR) is 94.4 cm³/mol. The van der Waals surface area contributed by atoms with E-state index in [0.29, 0.717) is 12.8 Å². The minimum absolute atomic E-state index is 0.457. The highest BCUT2D eigenvalue weighted by molar-refractivity contribution is 8.29. The lowest BCUT2D eigenvalue weighted by atomic mass is 10.0. The fraction of sp³-hybridized carbons (Fsp3) is 0.200. The molecule has 0 unspecified atom stereocenters. The van der Waals surface area contributed by atoms with Crippen LogP contribution in [0.15, 0.2) is 60.7 Å². The second kappa shape index (κ2) is 7.51. The van der Waals surface area contributed by atoms with E-state index in [0.717, 1.165) is 11.1 Å². The summed E-state index contributed by atoms with van der Waals surface area (Å²) in [6, 6.07) is 19.6. The van der Waals surface area contributed by atoms with Gasteiger partial charge in [-0.15, -0.1) is 0 Å². The molecule has 0 aliphatic rings. The Labute approximate surface area is 144 Å². The normalized spacial score (nSPS) is 12.4. The molecule has 0 bridgehead atoms. The van der Waals surface area contributed by atoms with Crippen molar-refractivity contribution < 1.29 is 4.52 Å². The molecule has 0 saturated carbocycles. The molecule has 0 aliphatic carbocycles. The molecule has 0 radical (unpaired) electrons. The summed E-state index contributed by atoms with van der Waals surface area (Å²) >= 11 is 24.3. The van der Waals surface area contributed by atoms with Crippen molar-refractivity contribution in [2.45, 2.75) is 17.9 Å². The Morgan fingerprint density at radius 1 is 0.762 bits per heavy atom. The Kier molecular flexibility index (Phi) is 6.20. The van der Waals surface area contributed by atoms with Gasteiger partial charge in [-0.2, -0.15) is 4.52 Å². The lowest BCUT2D eigenvalue weighted by molar-refractivity contribution is 0.184. The van der Waals surface area contributed by atoms with Gasteiger partial charge in [0.15, 0.2) is 38.8 Å². The van der Waals surface area contributed by atoms with Gasteiger partial charge in [-0.1, -0.05) is 72.3 Å². The first-order valence-corrected chi connectivity index (χ1v) is 11.1. The van der Waals surface area contributed by atoms with Crippen LogP contribution in [0.4, 0.5) is 0 Å². The third-order valence-electron chi connectivity index (χ3n) is 2.89. The van der Waals surface area contributed by atoms with Gasteiger partial charge >= 0.3 is 5.55 Å². The fourth-order valence-corrected chi connectivity index (χ4v) is 4.74. The van der Waals surface area contributed by atoms with Crippen LogP contribution >= 0.6 is 50.9 Å². The van der Waals surface area contributed by atoms with Gasteiger partial charge in [-0.05, 0) is 11.1 Å². The van der Waals surface area contributed by atoms with E-state index in [-0.39, 0.29) is 0 Å². The molecule has 0 fully saturated rings. The van der Waals surface area contributed by atoms with Gasteiger partial charge in [0.25, 0.3) is 0 Å². The lowest BCUT2D eigenvalue weighted by Gasteiger charge is -2.25. The molecule has 0 N–H and O–H groups in total. The Bertz CT molecular complexity index is 515. The number of alkyl halides is 1. The fourth-order valence-electron chi connectivity index (χ4n) is 2.11. The Hall–Kier alpha value is -0.0100. The molecule has 0 aromatic heterocycles. The van der Waals surface area contributed by atoms with Crippen molar-refractivity contribution in [2.75, 3.05) is 0 Å². The van der Waals surface area contributed by atoms with Gasteiger partial charge in [-0.3, -0.25) is 0 Å². The monoisotopic (exact) mass is 381 g/mol. The van der Waals surface area contributed by atoms with Crippen LogP contribution in [0.5, 0.6) is 0 Å². The van der Waals surface area contributed by atoms with E-state index in [4.69, 9.17) is 49.8 Å². The molecule has 0 spiro atoms. The topological polar surface area (TPSA) is 9.23 Å². The Morgan fingerprint density at radius 2 is 1.14 bits per heavy atom. The Morgan fingerprint density at radius 3 is 1.48 bits per heavy atom. The molecule has 112 valence electrons. The zero-order valence-electron chi connectivity index (χ0n) is 11.1. The largest absolute Gasteiger partial charge is 0.438 e. The molecular weight excluding hydrogens is 369 g/mol. The van der Waals surface area contributed by atoms with Crippen LogP contribution in [0.1, 0.15) is 11.1 Å². The summed E-state index contributed by atoms with van der Waals surface area (Å²) in [6.45, 7) is 0. The highest BCUT2D eigenvalue weighted by Crippen LogP contribution is 2.77. The first-order chi connectivity index (χ1) is 9.86. The third-order valence-corrected chi connectivity index (χ3v) is 4.52. The first kappa shape index (κ1) is 17.3. The van der Waals surface area contributed by atoms with Gasteiger partial charge in [0.1, 0.15) is 0 Å². The number of benzene rings is 2. The predicted octanol–water partition coefficient (Wildman–Crippen LogP) is 6.82. The lowest BCUT2D eigenvalue weighted by Crippen LogP contribution is -2.29. The van der Waals surface area contributed by atoms with Crippen molar-refractivity contribution in [1.29, 1.82) is 0 Å². The van der Waals surface area contributed by atoms with Crippen LogP contribution in [-0.4, -0.2) is 5.06 Å². The van der Waals surface area contributed by atoms with E-state index in [1.807, 2.05) is 60.7 Å². The Balaban J connectivity index is 2.21. The zero-order chi connectivity index (χ0) is 15.3. The SMILES string of the molecule is ClC(Cc1ccccc1)(Cc1ccccc1)O[P+](Cl)(Cl)Cl. The summed E-state index contributed by atoms with van der Waals surface area (Å²) in [6.07, 6.45) is 0.913. The molecule has 2 aromatic carbocycles. The summed E-state index contributed by atoms with van der Waals surface area (Å²) in [5.74, 6) is 0. The summed E-state index contributed by atoms with van der Waals surface area (Å²) < 4.78 is 5.61. The van der Waals surface area contributed by atoms with E-state index >= 15 is 0 Å². The van der Waals surface area contributed by atoms with E-state index in [2.05, 4.69) is 0 Å². The summed E-state index contributed by atoms with van der Waals surface area (Å²) in [7, 11) is 0. The molecule has 1 nitrogen and oxygen atoms in total. The van der Waals surface area contributed by atoms with Crippen LogP contribution < -0.4 is 0 Å². The summed E-state index contributed by atoms with van der Waals surface area (Å²) in [5.41, 5.74) is -0.967. The van der Waals surface area contributed by atoms with Crippen molar-refractivity contribution in [3.63, 3.8) is 0 Å². The smallest absolute Gasteiger partial charge is 0.160 e. The highest BCUT2D eigenvalue weighted by Gasteiger charge is 2.47. The molecule has 0 heterocycles. The quantitative estimate of drug-likeness (QED) is 0.393. The maximum Gasteiger partial charge on any atom is 0.438 e. The van der Waals surface area contributed by atoms with Crippen LogP contribution in [-0.2, 0) is 17.4 Å². The van der Waals surface area contributed by atoms with Crippen LogP contribution in [0, 0.1) is 0 Å². The van der Waals surface area contributed by atoms with Crippen molar-refractivity contribution in [1.82, 2.24) is 0 Å². The molecule has 0 aliphatic heterocycles. The third kappa shape index (κ3) is 6.32. The van der Waals surface area contributed by atoms with Crippen molar-refractivity contribution in [3.8, 4) is 0 Å². The van der Waals surface area contributed by atoms with Gasteiger partial charge in [0.2, 0.25) is 0 Å². The first-order valence-electron chi connectivity index (χ1n) is 6.32. The van der Waals surface area contributed by atoms with Gasteiger partial charge in [-0.25, -0.2) is 0 Å². The van der Waals surface area contributed by atoms with E-state index in [9.17, 15) is 0 Å². The van der Waals surface area contributed by atoms with Gasteiger partial charge in [0.05, 0.1) is 0 Å². The van der Waals surface area contributed by atoms with Crippen molar-refractivity contribution in [2.24, 2.45) is 0 Å². The van der Waals surface area contributed by atoms with Crippen molar-refractivity contribution >= 4 is 50.9 Å². The minimum Gasteiger partial charge on any atom is -0.160 e. The maximum atomic E-state index is 6.65. The average Bonchev–Trinajstić information content (AvgIpc) is 2.38. The molecule has 0 saturated heterocycles. The molecule has 6 heteroatoms. The zero-order valence-corrected chi connectivity index (χ0v) is 15.0. The van der Waals surface area contributed by atoms with Crippen LogP contribution in [0.25, 0.3) is 0 Å². The van der Waals surface area contributed by atoms with Gasteiger partial charge < -0.3 is 0 Å². The molecular formula is C15H14Cl4OP+. The summed E-state index contributed by atoms with van der Waals surface area (Å²) in [4.78, 5) is 0. The number of hydrogen-bond donors (Lipinski definition) is 0. The van der Waals surface area contributed by atoms with E-state index in [1.165, 1.54) is 0 Å². The second-order valence-corrected chi connectivity index (χ2v) is 12.2. The number of rotatable bonds is 6. The molecule has 2 aromatic rings.